The highest BCUT2D eigenvalue weighted by Gasteiger charge is 2.28. The molecule has 3 rings (SSSR count). The van der Waals surface area contributed by atoms with Crippen molar-refractivity contribution in [2.24, 2.45) is 5.10 Å². The van der Waals surface area contributed by atoms with E-state index >= 15 is 0 Å². The minimum Gasteiger partial charge on any atom is -0.271 e. The Bertz CT molecular complexity index is 1230. The van der Waals surface area contributed by atoms with Crippen LogP contribution in [-0.4, -0.2) is 26.6 Å². The zero-order valence-corrected chi connectivity index (χ0v) is 20.2. The average molecular weight is 514 g/mol. The van der Waals surface area contributed by atoms with E-state index in [1.807, 2.05) is 43.3 Å². The number of hydrazone groups is 1. The lowest BCUT2D eigenvalue weighted by Crippen LogP contribution is -2.40. The Morgan fingerprint density at radius 3 is 2.38 bits per heavy atom. The van der Waals surface area contributed by atoms with Gasteiger partial charge in [-0.25, -0.2) is 13.8 Å². The molecule has 0 aliphatic rings. The fourth-order valence-corrected chi connectivity index (χ4v) is 5.04. The topological polar surface area (TPSA) is 78.8 Å². The molecule has 32 heavy (non-hydrogen) atoms. The standard InChI is InChI=1S/C24H24BrN3O3S/c1-3-19-10-7-8-15-23(19)28(32(30,31)22-13-5-4-6-14-22)17-24(29)27-26-18(2)20-11-9-12-21(25)16-20/h4-16H,3,17H2,1-2H3,(H,27,29)/b26-18-. The van der Waals surface area contributed by atoms with Gasteiger partial charge in [-0.2, -0.15) is 5.10 Å². The second-order valence-corrected chi connectivity index (χ2v) is 9.83. The maximum absolute atomic E-state index is 13.4. The van der Waals surface area contributed by atoms with Gasteiger partial charge in [-0.05, 0) is 54.8 Å². The van der Waals surface area contributed by atoms with Gasteiger partial charge in [0.15, 0.2) is 0 Å². The zero-order chi connectivity index (χ0) is 23.1. The molecule has 1 amide bonds. The summed E-state index contributed by atoms with van der Waals surface area (Å²) < 4.78 is 28.9. The van der Waals surface area contributed by atoms with Gasteiger partial charge in [-0.1, -0.05) is 71.4 Å². The van der Waals surface area contributed by atoms with Gasteiger partial charge in [0, 0.05) is 4.47 Å². The first-order valence-electron chi connectivity index (χ1n) is 10.1. The van der Waals surface area contributed by atoms with Crippen molar-refractivity contribution in [2.75, 3.05) is 10.8 Å². The highest BCUT2D eigenvalue weighted by atomic mass is 79.9. The summed E-state index contributed by atoms with van der Waals surface area (Å²) in [5.74, 6) is -0.537. The van der Waals surface area contributed by atoms with Gasteiger partial charge in [0.25, 0.3) is 15.9 Å². The van der Waals surface area contributed by atoms with Crippen LogP contribution in [0.25, 0.3) is 0 Å². The molecule has 0 saturated carbocycles. The van der Waals surface area contributed by atoms with E-state index in [0.29, 0.717) is 17.8 Å². The number of hydrogen-bond donors (Lipinski definition) is 1. The minimum absolute atomic E-state index is 0.118. The lowest BCUT2D eigenvalue weighted by atomic mass is 10.1. The number of hydrogen-bond acceptors (Lipinski definition) is 4. The van der Waals surface area contributed by atoms with E-state index in [2.05, 4.69) is 26.5 Å². The lowest BCUT2D eigenvalue weighted by Gasteiger charge is -2.25. The molecule has 0 saturated heterocycles. The second-order valence-electron chi connectivity index (χ2n) is 7.05. The van der Waals surface area contributed by atoms with Crippen LogP contribution in [0.2, 0.25) is 0 Å². The van der Waals surface area contributed by atoms with Crippen LogP contribution in [0.4, 0.5) is 5.69 Å². The second kappa shape index (κ2) is 10.6. The van der Waals surface area contributed by atoms with Crippen molar-refractivity contribution in [1.82, 2.24) is 5.43 Å². The number of rotatable bonds is 8. The normalized spacial score (nSPS) is 11.8. The summed E-state index contributed by atoms with van der Waals surface area (Å²) in [4.78, 5) is 12.9. The minimum atomic E-state index is -3.96. The van der Waals surface area contributed by atoms with Crippen molar-refractivity contribution < 1.29 is 13.2 Å². The summed E-state index contributed by atoms with van der Waals surface area (Å²) in [6.45, 7) is 3.31. The van der Waals surface area contributed by atoms with E-state index in [0.717, 1.165) is 19.9 Å². The van der Waals surface area contributed by atoms with Crippen molar-refractivity contribution in [3.05, 3.63) is 94.5 Å². The molecule has 0 bridgehead atoms. The highest BCUT2D eigenvalue weighted by molar-refractivity contribution is 9.10. The number of amides is 1. The van der Waals surface area contributed by atoms with Gasteiger partial charge in [0.2, 0.25) is 0 Å². The van der Waals surface area contributed by atoms with E-state index < -0.39 is 22.5 Å². The molecule has 0 aliphatic carbocycles. The maximum Gasteiger partial charge on any atom is 0.264 e. The largest absolute Gasteiger partial charge is 0.271 e. The monoisotopic (exact) mass is 513 g/mol. The number of carbonyl (C=O) groups is 1. The zero-order valence-electron chi connectivity index (χ0n) is 17.8. The van der Waals surface area contributed by atoms with E-state index in [-0.39, 0.29) is 4.90 Å². The van der Waals surface area contributed by atoms with E-state index in [4.69, 9.17) is 0 Å². The smallest absolute Gasteiger partial charge is 0.264 e. The summed E-state index contributed by atoms with van der Waals surface area (Å²) in [7, 11) is -3.96. The molecule has 1 N–H and O–H groups in total. The highest BCUT2D eigenvalue weighted by Crippen LogP contribution is 2.27. The Balaban J connectivity index is 1.91. The third-order valence-corrected chi connectivity index (χ3v) is 7.12. The fourth-order valence-electron chi connectivity index (χ4n) is 3.16. The van der Waals surface area contributed by atoms with Crippen molar-refractivity contribution in [3.63, 3.8) is 0 Å². The van der Waals surface area contributed by atoms with Gasteiger partial charge in [0.1, 0.15) is 6.54 Å². The van der Waals surface area contributed by atoms with Gasteiger partial charge >= 0.3 is 0 Å². The van der Waals surface area contributed by atoms with Gasteiger partial charge in [-0.15, -0.1) is 0 Å². The maximum atomic E-state index is 13.4. The molecule has 0 aromatic heterocycles. The number of halogens is 1. The fraction of sp³-hybridized carbons (Fsp3) is 0.167. The number of anilines is 1. The number of aryl methyl sites for hydroxylation is 1. The van der Waals surface area contributed by atoms with E-state index in [9.17, 15) is 13.2 Å². The van der Waals surface area contributed by atoms with Crippen LogP contribution in [0.5, 0.6) is 0 Å². The SMILES string of the molecule is CCc1ccccc1N(CC(=O)N/N=C(/C)c1cccc(Br)c1)S(=O)(=O)c1ccccc1. The summed E-state index contributed by atoms with van der Waals surface area (Å²) in [6, 6.07) is 22.8. The summed E-state index contributed by atoms with van der Waals surface area (Å²) in [5.41, 5.74) is 5.23. The molecule has 8 heteroatoms. The summed E-state index contributed by atoms with van der Waals surface area (Å²) in [5, 5.41) is 4.15. The predicted molar refractivity (Wildman–Crippen MR) is 131 cm³/mol. The molecule has 0 spiro atoms. The van der Waals surface area contributed by atoms with Gasteiger partial charge < -0.3 is 0 Å². The Morgan fingerprint density at radius 1 is 1.00 bits per heavy atom. The molecule has 3 aromatic rings. The lowest BCUT2D eigenvalue weighted by molar-refractivity contribution is -0.119. The Labute approximate surface area is 197 Å². The molecule has 0 fully saturated rings. The molecular weight excluding hydrogens is 490 g/mol. The van der Waals surface area contributed by atoms with Crippen LogP contribution < -0.4 is 9.73 Å². The van der Waals surface area contributed by atoms with Crippen molar-refractivity contribution in [2.45, 2.75) is 25.2 Å². The summed E-state index contributed by atoms with van der Waals surface area (Å²) >= 11 is 3.41. The first-order valence-corrected chi connectivity index (χ1v) is 12.3. The van der Waals surface area contributed by atoms with Crippen molar-refractivity contribution in [3.8, 4) is 0 Å². The molecule has 0 heterocycles. The molecule has 3 aromatic carbocycles. The average Bonchev–Trinajstić information content (AvgIpc) is 2.81. The number of para-hydroxylation sites is 1. The van der Waals surface area contributed by atoms with Crippen molar-refractivity contribution >= 4 is 43.3 Å². The predicted octanol–water partition coefficient (Wildman–Crippen LogP) is 4.75. The molecule has 0 radical (unpaired) electrons. The molecule has 6 nitrogen and oxygen atoms in total. The molecule has 166 valence electrons. The summed E-state index contributed by atoms with van der Waals surface area (Å²) in [6.07, 6.45) is 0.624. The molecule has 0 unspecified atom stereocenters. The van der Waals surface area contributed by atoms with Crippen LogP contribution in [0.15, 0.2) is 93.3 Å². The quantitative estimate of drug-likeness (QED) is 0.348. The first-order chi connectivity index (χ1) is 15.3. The Hall–Kier alpha value is -2.97. The molecule has 0 atom stereocenters. The third-order valence-electron chi connectivity index (χ3n) is 4.85. The van der Waals surface area contributed by atoms with Gasteiger partial charge in [-0.3, -0.25) is 9.10 Å². The molecule has 0 aliphatic heterocycles. The number of sulfonamides is 1. The number of carbonyl (C=O) groups excluding carboxylic acids is 1. The number of nitrogens with one attached hydrogen (secondary N) is 1. The van der Waals surface area contributed by atoms with E-state index in [1.165, 1.54) is 12.1 Å². The van der Waals surface area contributed by atoms with Crippen LogP contribution in [0.3, 0.4) is 0 Å². The van der Waals surface area contributed by atoms with Crippen LogP contribution in [-0.2, 0) is 21.2 Å². The first kappa shape index (κ1) is 23.7. The van der Waals surface area contributed by atoms with Crippen molar-refractivity contribution in [1.29, 1.82) is 0 Å². The van der Waals surface area contributed by atoms with Crippen LogP contribution >= 0.6 is 15.9 Å². The van der Waals surface area contributed by atoms with Crippen LogP contribution in [0, 0.1) is 0 Å². The number of benzene rings is 3. The van der Waals surface area contributed by atoms with Crippen LogP contribution in [0.1, 0.15) is 25.0 Å². The Morgan fingerprint density at radius 2 is 1.69 bits per heavy atom. The van der Waals surface area contributed by atoms with Gasteiger partial charge in [0.05, 0.1) is 16.3 Å². The third kappa shape index (κ3) is 5.63. The Kier molecular flexibility index (Phi) is 7.82. The number of nitrogens with zero attached hydrogens (tertiary/aromatic N) is 2. The van der Waals surface area contributed by atoms with E-state index in [1.54, 1.807) is 37.3 Å². The molecular formula is C24H24BrN3O3S.